The molecule has 0 unspecified atom stereocenters. The molecule has 116 valence electrons. The Balaban J connectivity index is 2.12. The summed E-state index contributed by atoms with van der Waals surface area (Å²) in [5.74, 6) is -0.466. The van der Waals surface area contributed by atoms with Gasteiger partial charge in [-0.1, -0.05) is 17.7 Å². The first kappa shape index (κ1) is 17.3. The van der Waals surface area contributed by atoms with Crippen LogP contribution in [0.2, 0.25) is 5.02 Å². The van der Waals surface area contributed by atoms with Crippen LogP contribution in [0.1, 0.15) is 5.56 Å². The summed E-state index contributed by atoms with van der Waals surface area (Å²) >= 11 is 8.09. The highest BCUT2D eigenvalue weighted by Crippen LogP contribution is 2.19. The van der Waals surface area contributed by atoms with E-state index in [4.69, 9.17) is 11.6 Å². The third kappa shape index (κ3) is 4.98. The first-order valence-electron chi connectivity index (χ1n) is 6.69. The van der Waals surface area contributed by atoms with Gasteiger partial charge in [0.1, 0.15) is 11.6 Å². The minimum absolute atomic E-state index is 0.0251. The van der Waals surface area contributed by atoms with Gasteiger partial charge in [-0.3, -0.25) is 4.79 Å². The number of carbonyl (C=O) groups is 1. The van der Waals surface area contributed by atoms with Crippen LogP contribution in [0.5, 0.6) is 0 Å². The molecule has 0 heterocycles. The molecule has 2 N–H and O–H groups in total. The number of benzene rings is 2. The molecule has 6 heteroatoms. The second kappa shape index (κ2) is 7.99. The zero-order valence-electron chi connectivity index (χ0n) is 12.2. The quantitative estimate of drug-likeness (QED) is 0.414. The Bertz CT molecular complexity index is 812. The number of nitrogens with one attached hydrogen (secondary N) is 2. The molecule has 2 aromatic rings. The third-order valence-corrected chi connectivity index (χ3v) is 3.92. The molecule has 0 radical (unpaired) electrons. The van der Waals surface area contributed by atoms with Crippen molar-refractivity contribution in [2.24, 2.45) is 0 Å². The van der Waals surface area contributed by atoms with Gasteiger partial charge in [-0.05, 0) is 71.5 Å². The van der Waals surface area contributed by atoms with Gasteiger partial charge in [-0.2, -0.15) is 5.26 Å². The summed E-state index contributed by atoms with van der Waals surface area (Å²) in [5.41, 5.74) is 2.29. The molecule has 0 fully saturated rings. The van der Waals surface area contributed by atoms with Crippen LogP contribution >= 0.6 is 34.2 Å². The molecule has 2 rings (SSSR count). The van der Waals surface area contributed by atoms with Crippen molar-refractivity contribution in [1.82, 2.24) is 0 Å². The number of nitrogens with zero attached hydrogens (tertiary/aromatic N) is 1. The average Bonchev–Trinajstić information content (AvgIpc) is 2.51. The largest absolute Gasteiger partial charge is 0.360 e. The van der Waals surface area contributed by atoms with E-state index in [1.165, 1.54) is 6.20 Å². The Morgan fingerprint density at radius 3 is 2.74 bits per heavy atom. The number of nitriles is 1. The van der Waals surface area contributed by atoms with Crippen LogP contribution in [0.4, 0.5) is 11.4 Å². The Kier molecular flexibility index (Phi) is 6.02. The number of amides is 1. The fourth-order valence-electron chi connectivity index (χ4n) is 1.84. The topological polar surface area (TPSA) is 64.9 Å². The lowest BCUT2D eigenvalue weighted by molar-refractivity contribution is -0.112. The van der Waals surface area contributed by atoms with Gasteiger partial charge in [0.25, 0.3) is 5.91 Å². The summed E-state index contributed by atoms with van der Waals surface area (Å²) < 4.78 is 1.08. The molecule has 0 aliphatic rings. The van der Waals surface area contributed by atoms with Gasteiger partial charge in [0.2, 0.25) is 0 Å². The van der Waals surface area contributed by atoms with E-state index in [1.54, 1.807) is 24.3 Å². The van der Waals surface area contributed by atoms with Crippen LogP contribution < -0.4 is 10.6 Å². The normalized spacial score (nSPS) is 10.8. The van der Waals surface area contributed by atoms with Gasteiger partial charge >= 0.3 is 0 Å². The zero-order valence-corrected chi connectivity index (χ0v) is 15.1. The van der Waals surface area contributed by atoms with Crippen LogP contribution in [0.25, 0.3) is 0 Å². The molecule has 2 aromatic carbocycles. The lowest BCUT2D eigenvalue weighted by atomic mass is 10.2. The number of anilines is 2. The van der Waals surface area contributed by atoms with Crippen LogP contribution in [0.3, 0.4) is 0 Å². The van der Waals surface area contributed by atoms with E-state index in [-0.39, 0.29) is 5.57 Å². The molecule has 0 aliphatic heterocycles. The number of aryl methyl sites for hydroxylation is 1. The molecular weight excluding hydrogens is 425 g/mol. The SMILES string of the molecule is Cc1cc(I)ccc1NC(=O)/C(C#N)=C\Nc1cccc(Cl)c1. The molecule has 0 bridgehead atoms. The van der Waals surface area contributed by atoms with Gasteiger partial charge < -0.3 is 10.6 Å². The highest BCUT2D eigenvalue weighted by Gasteiger charge is 2.10. The summed E-state index contributed by atoms with van der Waals surface area (Å²) in [6, 6.07) is 14.6. The number of rotatable bonds is 4. The maximum atomic E-state index is 12.2. The van der Waals surface area contributed by atoms with Crippen LogP contribution in [0, 0.1) is 21.8 Å². The first-order chi connectivity index (χ1) is 11.0. The predicted molar refractivity (Wildman–Crippen MR) is 101 cm³/mol. The van der Waals surface area contributed by atoms with Gasteiger partial charge in [0.05, 0.1) is 0 Å². The predicted octanol–water partition coefficient (Wildman–Crippen LogP) is 4.71. The number of hydrogen-bond donors (Lipinski definition) is 2. The first-order valence-corrected chi connectivity index (χ1v) is 8.15. The van der Waals surface area contributed by atoms with Crippen molar-refractivity contribution in [1.29, 1.82) is 5.26 Å². The fourth-order valence-corrected chi connectivity index (χ4v) is 2.68. The fraction of sp³-hybridized carbons (Fsp3) is 0.0588. The molecule has 0 aliphatic carbocycles. The van der Waals surface area contributed by atoms with Gasteiger partial charge in [-0.25, -0.2) is 0 Å². The smallest absolute Gasteiger partial charge is 0.267 e. The molecule has 4 nitrogen and oxygen atoms in total. The van der Waals surface area contributed by atoms with E-state index in [2.05, 4.69) is 33.2 Å². The van der Waals surface area contributed by atoms with Crippen molar-refractivity contribution < 1.29 is 4.79 Å². The Morgan fingerprint density at radius 2 is 2.09 bits per heavy atom. The van der Waals surface area contributed by atoms with E-state index < -0.39 is 5.91 Å². The number of hydrogen-bond acceptors (Lipinski definition) is 3. The van der Waals surface area contributed by atoms with Gasteiger partial charge in [0, 0.05) is 26.2 Å². The van der Waals surface area contributed by atoms with Crippen LogP contribution in [-0.2, 0) is 4.79 Å². The summed E-state index contributed by atoms with van der Waals surface area (Å²) in [7, 11) is 0. The minimum atomic E-state index is -0.466. The van der Waals surface area contributed by atoms with E-state index >= 15 is 0 Å². The molecule has 0 saturated carbocycles. The van der Waals surface area contributed by atoms with E-state index in [0.717, 1.165) is 9.13 Å². The Morgan fingerprint density at radius 1 is 1.30 bits per heavy atom. The van der Waals surface area contributed by atoms with Crippen LogP contribution in [-0.4, -0.2) is 5.91 Å². The monoisotopic (exact) mass is 437 g/mol. The second-order valence-electron chi connectivity index (χ2n) is 4.74. The third-order valence-electron chi connectivity index (χ3n) is 3.01. The average molecular weight is 438 g/mol. The van der Waals surface area contributed by atoms with E-state index in [0.29, 0.717) is 16.4 Å². The summed E-state index contributed by atoms with van der Waals surface area (Å²) in [6.45, 7) is 1.90. The maximum Gasteiger partial charge on any atom is 0.267 e. The van der Waals surface area contributed by atoms with Crippen molar-refractivity contribution in [2.45, 2.75) is 6.92 Å². The highest BCUT2D eigenvalue weighted by atomic mass is 127. The van der Waals surface area contributed by atoms with Gasteiger partial charge in [0.15, 0.2) is 0 Å². The van der Waals surface area contributed by atoms with Crippen LogP contribution in [0.15, 0.2) is 54.2 Å². The molecule has 0 spiro atoms. The van der Waals surface area contributed by atoms with Crippen molar-refractivity contribution >= 4 is 51.5 Å². The molecule has 0 atom stereocenters. The number of halogens is 2. The minimum Gasteiger partial charge on any atom is -0.360 e. The standard InChI is InChI=1S/C17H13ClIN3O/c1-11-7-14(19)5-6-16(11)22-17(23)12(9-20)10-21-15-4-2-3-13(18)8-15/h2-8,10,21H,1H3,(H,22,23)/b12-10-. The van der Waals surface area contributed by atoms with Crippen molar-refractivity contribution in [3.63, 3.8) is 0 Å². The van der Waals surface area contributed by atoms with E-state index in [1.807, 2.05) is 31.2 Å². The molecular formula is C17H13ClIN3O. The molecule has 0 saturated heterocycles. The lowest BCUT2D eigenvalue weighted by Gasteiger charge is -2.08. The van der Waals surface area contributed by atoms with Crippen molar-refractivity contribution in [3.8, 4) is 6.07 Å². The second-order valence-corrected chi connectivity index (χ2v) is 6.42. The van der Waals surface area contributed by atoms with E-state index in [9.17, 15) is 10.1 Å². The van der Waals surface area contributed by atoms with Crippen molar-refractivity contribution in [3.05, 3.63) is 68.4 Å². The lowest BCUT2D eigenvalue weighted by Crippen LogP contribution is -2.15. The summed E-state index contributed by atoms with van der Waals surface area (Å²) in [5, 5.41) is 15.4. The molecule has 1 amide bonds. The summed E-state index contributed by atoms with van der Waals surface area (Å²) in [4.78, 5) is 12.2. The molecule has 23 heavy (non-hydrogen) atoms. The Labute approximate surface area is 153 Å². The molecule has 0 aromatic heterocycles. The Hall–Kier alpha value is -2.04. The highest BCUT2D eigenvalue weighted by molar-refractivity contribution is 14.1. The van der Waals surface area contributed by atoms with Gasteiger partial charge in [-0.15, -0.1) is 0 Å². The maximum absolute atomic E-state index is 12.2. The number of carbonyl (C=O) groups excluding carboxylic acids is 1. The van der Waals surface area contributed by atoms with Crippen molar-refractivity contribution in [2.75, 3.05) is 10.6 Å². The zero-order chi connectivity index (χ0) is 16.8. The summed E-state index contributed by atoms with van der Waals surface area (Å²) in [6.07, 6.45) is 1.36.